The molecule has 0 aliphatic carbocycles. The number of hydrogen-bond donors (Lipinski definition) is 2. The molecule has 0 unspecified atom stereocenters. The van der Waals surface area contributed by atoms with E-state index in [2.05, 4.69) is 15.1 Å². The van der Waals surface area contributed by atoms with Crippen molar-refractivity contribution in [2.45, 2.75) is 19.1 Å². The molecule has 9 heteroatoms. The van der Waals surface area contributed by atoms with Crippen LogP contribution in [-0.2, 0) is 0 Å². The molecule has 1 atom stereocenters. The van der Waals surface area contributed by atoms with Gasteiger partial charge >= 0.3 is 6.18 Å². The second-order valence-corrected chi connectivity index (χ2v) is 6.14. The van der Waals surface area contributed by atoms with E-state index in [9.17, 15) is 18.0 Å². The Hall–Kier alpha value is -3.36. The Kier molecular flexibility index (Phi) is 3.87. The molecule has 1 amide bonds. The number of alkyl halides is 3. The molecule has 4 aromatic rings. The number of aromatic amines is 1. The van der Waals surface area contributed by atoms with Crippen molar-refractivity contribution in [1.29, 1.82) is 0 Å². The summed E-state index contributed by atoms with van der Waals surface area (Å²) in [4.78, 5) is 19.6. The van der Waals surface area contributed by atoms with Crippen LogP contribution >= 0.6 is 0 Å². The van der Waals surface area contributed by atoms with Crippen LogP contribution in [0, 0.1) is 0 Å². The normalized spacial score (nSPS) is 13.2. The van der Waals surface area contributed by atoms with Gasteiger partial charge in [-0.2, -0.15) is 18.3 Å². The lowest BCUT2D eigenvalue weighted by atomic mass is 10.1. The molecule has 0 bridgehead atoms. The maximum absolute atomic E-state index is 12.7. The molecule has 0 aliphatic heterocycles. The van der Waals surface area contributed by atoms with E-state index in [4.69, 9.17) is 0 Å². The summed E-state index contributed by atoms with van der Waals surface area (Å²) < 4.78 is 39.6. The van der Waals surface area contributed by atoms with Crippen LogP contribution in [0.1, 0.15) is 17.3 Å². The van der Waals surface area contributed by atoms with Gasteiger partial charge in [0.2, 0.25) is 0 Å². The number of nitrogens with one attached hydrogen (secondary N) is 2. The van der Waals surface area contributed by atoms with Crippen molar-refractivity contribution < 1.29 is 18.0 Å². The van der Waals surface area contributed by atoms with E-state index in [1.54, 1.807) is 24.7 Å². The van der Waals surface area contributed by atoms with Crippen LogP contribution < -0.4 is 5.32 Å². The zero-order valence-corrected chi connectivity index (χ0v) is 14.1. The summed E-state index contributed by atoms with van der Waals surface area (Å²) in [6, 6.07) is 5.30. The van der Waals surface area contributed by atoms with Crippen LogP contribution in [0.3, 0.4) is 0 Å². The van der Waals surface area contributed by atoms with E-state index in [-0.39, 0.29) is 5.56 Å². The maximum Gasteiger partial charge on any atom is 0.408 e. The van der Waals surface area contributed by atoms with Gasteiger partial charge in [-0.25, -0.2) is 9.50 Å². The van der Waals surface area contributed by atoms with Gasteiger partial charge in [0.05, 0.1) is 17.3 Å². The third kappa shape index (κ3) is 3.01. The summed E-state index contributed by atoms with van der Waals surface area (Å²) in [5, 5.41) is 6.91. The number of rotatable bonds is 3. The molecule has 4 rings (SSSR count). The van der Waals surface area contributed by atoms with Crippen molar-refractivity contribution in [2.75, 3.05) is 0 Å². The van der Waals surface area contributed by atoms with Gasteiger partial charge in [0.15, 0.2) is 0 Å². The second kappa shape index (κ2) is 6.11. The molecule has 0 radical (unpaired) electrons. The van der Waals surface area contributed by atoms with Crippen molar-refractivity contribution in [3.05, 3.63) is 54.6 Å². The quantitative estimate of drug-likeness (QED) is 0.577. The Morgan fingerprint density at radius 2 is 2.15 bits per heavy atom. The van der Waals surface area contributed by atoms with E-state index in [1.165, 1.54) is 10.7 Å². The molecule has 2 N–H and O–H groups in total. The first-order valence-electron chi connectivity index (χ1n) is 8.12. The fourth-order valence-corrected chi connectivity index (χ4v) is 2.87. The lowest BCUT2D eigenvalue weighted by molar-refractivity contribution is -0.149. The number of halogens is 3. The standard InChI is InChI=1S/C18H14F3N5O/c1-10(18(19,20)21)25-17(27)14-9-24-26-6-4-11(7-15(14)26)13-8-23-16-12(13)3-2-5-22-16/h2-10H,1H3,(H,22,23)(H,25,27)/t10-/m1/s1. The van der Waals surface area contributed by atoms with Crippen LogP contribution in [0.15, 0.2) is 49.1 Å². The molecule has 0 aliphatic rings. The van der Waals surface area contributed by atoms with E-state index in [1.807, 2.05) is 23.5 Å². The van der Waals surface area contributed by atoms with Crippen LogP contribution in [0.4, 0.5) is 13.2 Å². The molecular weight excluding hydrogens is 359 g/mol. The number of carbonyl (C=O) groups excluding carboxylic acids is 1. The number of amides is 1. The molecule has 6 nitrogen and oxygen atoms in total. The smallest absolute Gasteiger partial charge is 0.346 e. The highest BCUT2D eigenvalue weighted by atomic mass is 19.4. The highest BCUT2D eigenvalue weighted by Gasteiger charge is 2.37. The second-order valence-electron chi connectivity index (χ2n) is 6.14. The lowest BCUT2D eigenvalue weighted by Gasteiger charge is -2.16. The van der Waals surface area contributed by atoms with E-state index in [0.717, 1.165) is 29.1 Å². The van der Waals surface area contributed by atoms with Gasteiger partial charge in [-0.1, -0.05) is 0 Å². The Morgan fingerprint density at radius 1 is 1.33 bits per heavy atom. The minimum absolute atomic E-state index is 0.0749. The zero-order valence-electron chi connectivity index (χ0n) is 14.1. The molecule has 4 aromatic heterocycles. The monoisotopic (exact) mass is 373 g/mol. The molecular formula is C18H14F3N5O. The Balaban J connectivity index is 1.74. The lowest BCUT2D eigenvalue weighted by Crippen LogP contribution is -2.43. The predicted molar refractivity (Wildman–Crippen MR) is 93.3 cm³/mol. The van der Waals surface area contributed by atoms with Crippen molar-refractivity contribution >= 4 is 22.5 Å². The van der Waals surface area contributed by atoms with Crippen molar-refractivity contribution in [1.82, 2.24) is 24.9 Å². The van der Waals surface area contributed by atoms with Gasteiger partial charge in [0, 0.05) is 29.5 Å². The summed E-state index contributed by atoms with van der Waals surface area (Å²) in [6.07, 6.45) is 1.87. The van der Waals surface area contributed by atoms with Gasteiger partial charge in [-0.3, -0.25) is 4.79 Å². The van der Waals surface area contributed by atoms with Gasteiger partial charge in [0.25, 0.3) is 5.91 Å². The number of fused-ring (bicyclic) bond motifs is 2. The van der Waals surface area contributed by atoms with E-state index in [0.29, 0.717) is 5.52 Å². The van der Waals surface area contributed by atoms with E-state index < -0.39 is 18.1 Å². The number of aromatic nitrogens is 4. The summed E-state index contributed by atoms with van der Waals surface area (Å²) >= 11 is 0. The zero-order chi connectivity index (χ0) is 19.2. The summed E-state index contributed by atoms with van der Waals surface area (Å²) in [5.41, 5.74) is 2.87. The molecule has 0 spiro atoms. The number of nitrogens with zero attached hydrogens (tertiary/aromatic N) is 3. The van der Waals surface area contributed by atoms with Crippen molar-refractivity contribution in [3.8, 4) is 11.1 Å². The first-order valence-corrected chi connectivity index (χ1v) is 8.12. The summed E-state index contributed by atoms with van der Waals surface area (Å²) in [5.74, 6) is -0.826. The summed E-state index contributed by atoms with van der Waals surface area (Å²) in [7, 11) is 0. The largest absolute Gasteiger partial charge is 0.408 e. The highest BCUT2D eigenvalue weighted by Crippen LogP contribution is 2.29. The summed E-state index contributed by atoms with van der Waals surface area (Å²) in [6.45, 7) is 0.897. The minimum Gasteiger partial charge on any atom is -0.346 e. The van der Waals surface area contributed by atoms with Crippen molar-refractivity contribution in [3.63, 3.8) is 0 Å². The average Bonchev–Trinajstić information content (AvgIpc) is 3.24. The number of pyridine rings is 2. The number of H-pyrrole nitrogens is 1. The molecule has 4 heterocycles. The Morgan fingerprint density at radius 3 is 2.93 bits per heavy atom. The highest BCUT2D eigenvalue weighted by molar-refractivity contribution is 6.02. The van der Waals surface area contributed by atoms with E-state index >= 15 is 0 Å². The van der Waals surface area contributed by atoms with Crippen LogP contribution in [0.5, 0.6) is 0 Å². The van der Waals surface area contributed by atoms with Gasteiger partial charge in [-0.05, 0) is 36.8 Å². The fourth-order valence-electron chi connectivity index (χ4n) is 2.87. The number of carbonyl (C=O) groups is 1. The molecule has 0 saturated carbocycles. The molecule has 0 saturated heterocycles. The SMILES string of the molecule is C[C@@H](NC(=O)c1cnn2ccc(-c3c[nH]c4ncccc34)cc12)C(F)(F)F. The molecule has 0 aromatic carbocycles. The van der Waals surface area contributed by atoms with Crippen LogP contribution in [0.2, 0.25) is 0 Å². The van der Waals surface area contributed by atoms with Crippen molar-refractivity contribution in [2.24, 2.45) is 0 Å². The Labute approximate surface area is 151 Å². The van der Waals surface area contributed by atoms with Crippen LogP contribution in [0.25, 0.3) is 27.7 Å². The third-order valence-electron chi connectivity index (χ3n) is 4.37. The topological polar surface area (TPSA) is 75.1 Å². The first-order chi connectivity index (χ1) is 12.8. The Bertz CT molecular complexity index is 1140. The fraction of sp³-hybridized carbons (Fsp3) is 0.167. The third-order valence-corrected chi connectivity index (χ3v) is 4.37. The first kappa shape index (κ1) is 17.1. The number of hydrogen-bond acceptors (Lipinski definition) is 3. The molecule has 27 heavy (non-hydrogen) atoms. The predicted octanol–water partition coefficient (Wildman–Crippen LogP) is 3.56. The maximum atomic E-state index is 12.7. The minimum atomic E-state index is -4.51. The van der Waals surface area contributed by atoms with Gasteiger partial charge in [-0.15, -0.1) is 0 Å². The van der Waals surface area contributed by atoms with Crippen LogP contribution in [-0.4, -0.2) is 37.7 Å². The van der Waals surface area contributed by atoms with Gasteiger partial charge in [0.1, 0.15) is 11.7 Å². The van der Waals surface area contributed by atoms with Gasteiger partial charge < -0.3 is 10.3 Å². The molecule has 0 fully saturated rings. The average molecular weight is 373 g/mol. The molecule has 138 valence electrons.